The molecule has 0 spiro atoms. The zero-order chi connectivity index (χ0) is 18.9. The molecule has 136 valence electrons. The lowest BCUT2D eigenvalue weighted by molar-refractivity contribution is -0.384. The lowest BCUT2D eigenvalue weighted by atomic mass is 10.2. The summed E-state index contributed by atoms with van der Waals surface area (Å²) in [6.07, 6.45) is 2.97. The van der Waals surface area contributed by atoms with E-state index in [4.69, 9.17) is 9.47 Å². The van der Waals surface area contributed by atoms with Crippen molar-refractivity contribution in [2.24, 2.45) is 0 Å². The normalized spacial score (nSPS) is 11.8. The summed E-state index contributed by atoms with van der Waals surface area (Å²) in [7, 11) is 1.59. The molecule has 0 aliphatic heterocycles. The van der Waals surface area contributed by atoms with Gasteiger partial charge in [-0.2, -0.15) is 0 Å². The summed E-state index contributed by atoms with van der Waals surface area (Å²) in [6, 6.07) is 12.9. The number of hydrogen-bond donors (Lipinski definition) is 1. The number of rotatable bonds is 8. The molecule has 1 atom stereocenters. The summed E-state index contributed by atoms with van der Waals surface area (Å²) < 4.78 is 10.7. The molecule has 0 aromatic heterocycles. The zero-order valence-electron chi connectivity index (χ0n) is 14.5. The second-order valence-corrected chi connectivity index (χ2v) is 5.58. The van der Waals surface area contributed by atoms with Crippen molar-refractivity contribution in [2.45, 2.75) is 13.0 Å². The van der Waals surface area contributed by atoms with Gasteiger partial charge in [0.2, 0.25) is 5.91 Å². The number of nitro benzene ring substituents is 1. The molecule has 2 rings (SSSR count). The number of amides is 1. The Bertz CT molecular complexity index is 770. The quantitative estimate of drug-likeness (QED) is 0.446. The summed E-state index contributed by atoms with van der Waals surface area (Å²) in [5.74, 6) is 1.16. The maximum atomic E-state index is 11.9. The molecular weight excluding hydrogens is 336 g/mol. The molecule has 0 saturated carbocycles. The van der Waals surface area contributed by atoms with Gasteiger partial charge >= 0.3 is 0 Å². The van der Waals surface area contributed by atoms with Gasteiger partial charge in [-0.25, -0.2) is 0 Å². The minimum absolute atomic E-state index is 0.0101. The Morgan fingerprint density at radius 2 is 1.77 bits per heavy atom. The summed E-state index contributed by atoms with van der Waals surface area (Å²) in [6.45, 7) is 2.16. The fourth-order valence-corrected chi connectivity index (χ4v) is 2.10. The third-order valence-corrected chi connectivity index (χ3v) is 3.48. The summed E-state index contributed by atoms with van der Waals surface area (Å²) in [4.78, 5) is 22.1. The van der Waals surface area contributed by atoms with E-state index >= 15 is 0 Å². The molecule has 0 saturated heterocycles. The van der Waals surface area contributed by atoms with Gasteiger partial charge < -0.3 is 14.8 Å². The molecule has 0 heterocycles. The van der Waals surface area contributed by atoms with Crippen LogP contribution in [-0.4, -0.2) is 30.6 Å². The summed E-state index contributed by atoms with van der Waals surface area (Å²) in [5.41, 5.74) is 0.712. The van der Waals surface area contributed by atoms with Crippen LogP contribution in [0.4, 0.5) is 5.69 Å². The molecule has 26 heavy (non-hydrogen) atoms. The first-order valence-electron chi connectivity index (χ1n) is 7.98. The fourth-order valence-electron chi connectivity index (χ4n) is 2.10. The molecule has 1 N–H and O–H groups in total. The number of nitrogens with one attached hydrogen (secondary N) is 1. The van der Waals surface area contributed by atoms with Gasteiger partial charge in [-0.15, -0.1) is 0 Å². The van der Waals surface area contributed by atoms with Gasteiger partial charge in [0.25, 0.3) is 5.69 Å². The van der Waals surface area contributed by atoms with Gasteiger partial charge in [-0.3, -0.25) is 14.9 Å². The molecule has 0 fully saturated rings. The molecule has 7 heteroatoms. The van der Waals surface area contributed by atoms with E-state index in [0.29, 0.717) is 17.9 Å². The van der Waals surface area contributed by atoms with E-state index in [1.54, 1.807) is 49.6 Å². The molecule has 0 aliphatic carbocycles. The third-order valence-electron chi connectivity index (χ3n) is 3.48. The number of carbonyl (C=O) groups is 1. The Morgan fingerprint density at radius 3 is 2.35 bits per heavy atom. The Hall–Kier alpha value is -3.35. The average molecular weight is 356 g/mol. The first kappa shape index (κ1) is 19.0. The highest BCUT2D eigenvalue weighted by Gasteiger charge is 2.06. The predicted molar refractivity (Wildman–Crippen MR) is 98.2 cm³/mol. The number of benzene rings is 2. The second-order valence-electron chi connectivity index (χ2n) is 5.58. The number of nitro groups is 1. The van der Waals surface area contributed by atoms with Gasteiger partial charge in [0.05, 0.1) is 18.1 Å². The van der Waals surface area contributed by atoms with Gasteiger partial charge in [0.1, 0.15) is 18.1 Å². The monoisotopic (exact) mass is 356 g/mol. The number of carbonyl (C=O) groups excluding carboxylic acids is 1. The highest BCUT2D eigenvalue weighted by molar-refractivity contribution is 5.91. The minimum Gasteiger partial charge on any atom is -0.497 e. The first-order chi connectivity index (χ1) is 12.5. The number of ether oxygens (including phenoxy) is 2. The molecule has 0 unspecified atom stereocenters. The van der Waals surface area contributed by atoms with Crippen LogP contribution in [0.25, 0.3) is 6.08 Å². The molecule has 2 aromatic rings. The van der Waals surface area contributed by atoms with Crippen LogP contribution in [0.3, 0.4) is 0 Å². The molecule has 0 aliphatic rings. The molecular formula is C19H20N2O5. The summed E-state index contributed by atoms with van der Waals surface area (Å²) in [5, 5.41) is 13.4. The van der Waals surface area contributed by atoms with Gasteiger partial charge in [0.15, 0.2) is 0 Å². The molecule has 2 aromatic carbocycles. The molecule has 0 bridgehead atoms. The first-order valence-corrected chi connectivity index (χ1v) is 7.98. The van der Waals surface area contributed by atoms with Crippen LogP contribution in [0, 0.1) is 10.1 Å². The minimum atomic E-state index is -0.468. The van der Waals surface area contributed by atoms with Crippen LogP contribution >= 0.6 is 0 Å². The molecule has 0 radical (unpaired) electrons. The second kappa shape index (κ2) is 9.22. The van der Waals surface area contributed by atoms with Crippen LogP contribution in [0.2, 0.25) is 0 Å². The maximum absolute atomic E-state index is 11.9. The highest BCUT2D eigenvalue weighted by atomic mass is 16.6. The van der Waals surface area contributed by atoms with Crippen molar-refractivity contribution in [3.05, 3.63) is 70.3 Å². The van der Waals surface area contributed by atoms with E-state index in [1.165, 1.54) is 18.2 Å². The molecule has 1 amide bonds. The van der Waals surface area contributed by atoms with Gasteiger partial charge in [-0.05, 0) is 55.0 Å². The van der Waals surface area contributed by atoms with Crippen LogP contribution in [-0.2, 0) is 4.79 Å². The van der Waals surface area contributed by atoms with E-state index in [9.17, 15) is 14.9 Å². The van der Waals surface area contributed by atoms with Crippen molar-refractivity contribution in [3.8, 4) is 11.5 Å². The van der Waals surface area contributed by atoms with E-state index < -0.39 is 4.92 Å². The highest BCUT2D eigenvalue weighted by Crippen LogP contribution is 2.17. The van der Waals surface area contributed by atoms with Gasteiger partial charge in [0, 0.05) is 18.2 Å². The van der Waals surface area contributed by atoms with Crippen LogP contribution in [0.1, 0.15) is 12.5 Å². The maximum Gasteiger partial charge on any atom is 0.269 e. The van der Waals surface area contributed by atoms with Crippen LogP contribution < -0.4 is 14.8 Å². The van der Waals surface area contributed by atoms with Crippen molar-refractivity contribution in [1.82, 2.24) is 5.32 Å². The number of non-ortho nitro benzene ring substituents is 1. The standard InChI is InChI=1S/C19H20N2O5/c1-14(13-26-18-10-8-17(25-2)9-11-18)20-19(22)12-5-15-3-6-16(7-4-15)21(23)24/h3-12,14H,13H2,1-2H3,(H,20,22)/b12-5+/t14-/m1/s1. The summed E-state index contributed by atoms with van der Waals surface area (Å²) >= 11 is 0. The molecule has 7 nitrogen and oxygen atoms in total. The zero-order valence-corrected chi connectivity index (χ0v) is 14.5. The Balaban J connectivity index is 1.79. The number of methoxy groups -OCH3 is 1. The lowest BCUT2D eigenvalue weighted by Gasteiger charge is -2.14. The largest absolute Gasteiger partial charge is 0.497 e. The third kappa shape index (κ3) is 5.94. The van der Waals surface area contributed by atoms with Crippen molar-refractivity contribution >= 4 is 17.7 Å². The van der Waals surface area contributed by atoms with Crippen LogP contribution in [0.15, 0.2) is 54.6 Å². The van der Waals surface area contributed by atoms with E-state index in [1.807, 2.05) is 6.92 Å². The van der Waals surface area contributed by atoms with Crippen molar-refractivity contribution < 1.29 is 19.2 Å². The van der Waals surface area contributed by atoms with Crippen molar-refractivity contribution in [1.29, 1.82) is 0 Å². The average Bonchev–Trinajstić information content (AvgIpc) is 2.65. The topological polar surface area (TPSA) is 90.7 Å². The van der Waals surface area contributed by atoms with E-state index in [2.05, 4.69) is 5.32 Å². The lowest BCUT2D eigenvalue weighted by Crippen LogP contribution is -2.35. The Kier molecular flexibility index (Phi) is 6.73. The van der Waals surface area contributed by atoms with Crippen LogP contribution in [0.5, 0.6) is 11.5 Å². The SMILES string of the molecule is COc1ccc(OC[C@@H](C)NC(=O)/C=C/c2ccc([N+](=O)[O-])cc2)cc1. The Labute approximate surface area is 151 Å². The van der Waals surface area contributed by atoms with Crippen molar-refractivity contribution in [3.63, 3.8) is 0 Å². The smallest absolute Gasteiger partial charge is 0.269 e. The predicted octanol–water partition coefficient (Wildman–Crippen LogP) is 3.20. The number of nitrogens with zero attached hydrogens (tertiary/aromatic N) is 1. The van der Waals surface area contributed by atoms with Crippen molar-refractivity contribution in [2.75, 3.05) is 13.7 Å². The Morgan fingerprint density at radius 1 is 1.15 bits per heavy atom. The fraction of sp³-hybridized carbons (Fsp3) is 0.211. The van der Waals surface area contributed by atoms with E-state index in [0.717, 1.165) is 5.75 Å². The van der Waals surface area contributed by atoms with E-state index in [-0.39, 0.29) is 17.6 Å². The number of hydrogen-bond acceptors (Lipinski definition) is 5. The van der Waals surface area contributed by atoms with Gasteiger partial charge in [-0.1, -0.05) is 0 Å².